The summed E-state index contributed by atoms with van der Waals surface area (Å²) in [5.74, 6) is 0.315. The second-order valence-corrected chi connectivity index (χ2v) is 6.93. The van der Waals surface area contributed by atoms with E-state index in [0.717, 1.165) is 5.56 Å². The molecule has 0 saturated heterocycles. The smallest absolute Gasteiger partial charge is 0.244 e. The number of nitrogen functional groups attached to an aromatic ring is 1. The molecule has 0 fully saturated rings. The normalized spacial score (nSPS) is 11.5. The number of nitrogens with two attached hydrogens (primary N) is 1. The van der Waals surface area contributed by atoms with E-state index in [2.05, 4.69) is 4.72 Å². The molecule has 0 aliphatic carbocycles. The van der Waals surface area contributed by atoms with Crippen LogP contribution in [0.25, 0.3) is 0 Å². The molecule has 0 amide bonds. The Morgan fingerprint density at radius 2 is 2.14 bits per heavy atom. The van der Waals surface area contributed by atoms with Gasteiger partial charge < -0.3 is 10.5 Å². The third kappa shape index (κ3) is 4.20. The van der Waals surface area contributed by atoms with Crippen molar-refractivity contribution in [3.05, 3.63) is 40.6 Å². The zero-order valence-corrected chi connectivity index (χ0v) is 13.3. The molecule has 2 aromatic rings. The summed E-state index contributed by atoms with van der Waals surface area (Å²) in [6.45, 7) is 2.53. The summed E-state index contributed by atoms with van der Waals surface area (Å²) in [7, 11) is -3.64. The van der Waals surface area contributed by atoms with E-state index >= 15 is 0 Å². The van der Waals surface area contributed by atoms with Gasteiger partial charge in [0.15, 0.2) is 0 Å². The number of anilines is 1. The fourth-order valence-corrected chi connectivity index (χ4v) is 3.76. The summed E-state index contributed by atoms with van der Waals surface area (Å²) in [6, 6.07) is 6.59. The van der Waals surface area contributed by atoms with Crippen LogP contribution in [0.3, 0.4) is 0 Å². The predicted molar refractivity (Wildman–Crippen MR) is 85.2 cm³/mol. The van der Waals surface area contributed by atoms with E-state index in [1.807, 2.05) is 16.8 Å². The van der Waals surface area contributed by atoms with Crippen molar-refractivity contribution in [2.45, 2.75) is 18.2 Å². The van der Waals surface area contributed by atoms with Crippen LogP contribution in [0.1, 0.15) is 12.5 Å². The lowest BCUT2D eigenvalue weighted by atomic mass is 10.2. The van der Waals surface area contributed by atoms with E-state index < -0.39 is 10.0 Å². The van der Waals surface area contributed by atoms with Gasteiger partial charge in [-0.1, -0.05) is 0 Å². The van der Waals surface area contributed by atoms with Crippen LogP contribution in [-0.2, 0) is 16.4 Å². The number of nitrogens with one attached hydrogen (secondary N) is 1. The number of thiophene rings is 1. The van der Waals surface area contributed by atoms with Gasteiger partial charge in [-0.3, -0.25) is 0 Å². The number of sulfonamides is 1. The molecule has 0 aliphatic heterocycles. The minimum atomic E-state index is -3.64. The second kappa shape index (κ2) is 6.93. The first kappa shape index (κ1) is 15.8. The number of benzene rings is 1. The molecular weight excluding hydrogens is 308 g/mol. The zero-order chi connectivity index (χ0) is 15.3. The van der Waals surface area contributed by atoms with E-state index in [1.54, 1.807) is 30.4 Å². The average molecular weight is 326 g/mol. The number of hydrogen-bond acceptors (Lipinski definition) is 5. The molecule has 7 heteroatoms. The fourth-order valence-electron chi connectivity index (χ4n) is 1.85. The second-order valence-electron chi connectivity index (χ2n) is 4.42. The van der Waals surface area contributed by atoms with Gasteiger partial charge in [-0.15, -0.1) is 0 Å². The van der Waals surface area contributed by atoms with Crippen LogP contribution in [0.5, 0.6) is 5.75 Å². The summed E-state index contributed by atoms with van der Waals surface area (Å²) < 4.78 is 32.7. The van der Waals surface area contributed by atoms with Crippen molar-refractivity contribution in [1.29, 1.82) is 0 Å². The van der Waals surface area contributed by atoms with Crippen molar-refractivity contribution in [1.82, 2.24) is 4.72 Å². The lowest BCUT2D eigenvalue weighted by Gasteiger charge is -2.12. The molecule has 21 heavy (non-hydrogen) atoms. The molecule has 3 N–H and O–H groups in total. The SMILES string of the molecule is CCOc1ccc(N)cc1S(=O)(=O)NCCc1ccsc1. The first-order valence-corrected chi connectivity index (χ1v) is 8.98. The Balaban J connectivity index is 2.12. The van der Waals surface area contributed by atoms with E-state index in [0.29, 0.717) is 31.0 Å². The maximum absolute atomic E-state index is 12.4. The van der Waals surface area contributed by atoms with Gasteiger partial charge in [0.25, 0.3) is 0 Å². The van der Waals surface area contributed by atoms with Crippen molar-refractivity contribution in [3.63, 3.8) is 0 Å². The van der Waals surface area contributed by atoms with E-state index in [-0.39, 0.29) is 4.90 Å². The maximum Gasteiger partial charge on any atom is 0.244 e. The molecule has 2 rings (SSSR count). The molecule has 1 aromatic heterocycles. The highest BCUT2D eigenvalue weighted by molar-refractivity contribution is 7.89. The fraction of sp³-hybridized carbons (Fsp3) is 0.286. The molecule has 0 unspecified atom stereocenters. The lowest BCUT2D eigenvalue weighted by molar-refractivity contribution is 0.331. The molecule has 0 spiro atoms. The highest BCUT2D eigenvalue weighted by Gasteiger charge is 2.19. The Morgan fingerprint density at radius 3 is 2.81 bits per heavy atom. The Morgan fingerprint density at radius 1 is 1.33 bits per heavy atom. The van der Waals surface area contributed by atoms with Gasteiger partial charge in [-0.2, -0.15) is 11.3 Å². The van der Waals surface area contributed by atoms with Gasteiger partial charge in [0.2, 0.25) is 10.0 Å². The van der Waals surface area contributed by atoms with Crippen LogP contribution in [0.2, 0.25) is 0 Å². The third-order valence-electron chi connectivity index (χ3n) is 2.84. The highest BCUT2D eigenvalue weighted by Crippen LogP contribution is 2.26. The topological polar surface area (TPSA) is 81.4 Å². The largest absolute Gasteiger partial charge is 0.492 e. The highest BCUT2D eigenvalue weighted by atomic mass is 32.2. The molecule has 0 atom stereocenters. The van der Waals surface area contributed by atoms with Crippen LogP contribution < -0.4 is 15.2 Å². The monoisotopic (exact) mass is 326 g/mol. The van der Waals surface area contributed by atoms with E-state index in [1.165, 1.54) is 6.07 Å². The summed E-state index contributed by atoms with van der Waals surface area (Å²) in [6.07, 6.45) is 0.648. The molecule has 0 saturated carbocycles. The van der Waals surface area contributed by atoms with Crippen molar-refractivity contribution in [2.75, 3.05) is 18.9 Å². The van der Waals surface area contributed by atoms with Gasteiger partial charge >= 0.3 is 0 Å². The van der Waals surface area contributed by atoms with E-state index in [4.69, 9.17) is 10.5 Å². The summed E-state index contributed by atoms with van der Waals surface area (Å²) >= 11 is 1.59. The zero-order valence-electron chi connectivity index (χ0n) is 11.7. The Kier molecular flexibility index (Phi) is 5.22. The molecule has 0 aliphatic rings. The first-order chi connectivity index (χ1) is 10.0. The standard InChI is InChI=1S/C14H18N2O3S2/c1-2-19-13-4-3-12(15)9-14(13)21(17,18)16-7-5-11-6-8-20-10-11/h3-4,6,8-10,16H,2,5,7,15H2,1H3. The Hall–Kier alpha value is -1.57. The van der Waals surface area contributed by atoms with Gasteiger partial charge in [0, 0.05) is 12.2 Å². The summed E-state index contributed by atoms with van der Waals surface area (Å²) in [5.41, 5.74) is 7.18. The van der Waals surface area contributed by atoms with Crippen molar-refractivity contribution >= 4 is 27.0 Å². The van der Waals surface area contributed by atoms with Crippen LogP contribution in [0, 0.1) is 0 Å². The molecular formula is C14H18N2O3S2. The van der Waals surface area contributed by atoms with Gasteiger partial charge in [0.05, 0.1) is 6.61 Å². The number of rotatable bonds is 7. The van der Waals surface area contributed by atoms with Crippen LogP contribution in [-0.4, -0.2) is 21.6 Å². The quantitative estimate of drug-likeness (QED) is 0.765. The lowest BCUT2D eigenvalue weighted by Crippen LogP contribution is -2.26. The minimum absolute atomic E-state index is 0.0784. The molecule has 1 heterocycles. The maximum atomic E-state index is 12.4. The molecule has 114 valence electrons. The Bertz CT molecular complexity index is 682. The predicted octanol–water partition coefficient (Wildman–Crippen LogP) is 2.25. The van der Waals surface area contributed by atoms with E-state index in [9.17, 15) is 8.42 Å². The molecule has 0 bridgehead atoms. The van der Waals surface area contributed by atoms with Crippen LogP contribution in [0.4, 0.5) is 5.69 Å². The molecule has 1 aromatic carbocycles. The summed E-state index contributed by atoms with van der Waals surface area (Å²) in [4.78, 5) is 0.0784. The van der Waals surface area contributed by atoms with Crippen molar-refractivity contribution in [3.8, 4) is 5.75 Å². The van der Waals surface area contributed by atoms with Gasteiger partial charge in [0.1, 0.15) is 10.6 Å². The molecule has 5 nitrogen and oxygen atoms in total. The van der Waals surface area contributed by atoms with Crippen molar-refractivity contribution < 1.29 is 13.2 Å². The Labute approximate surface area is 128 Å². The van der Waals surface area contributed by atoms with Crippen LogP contribution in [0.15, 0.2) is 39.9 Å². The first-order valence-electron chi connectivity index (χ1n) is 6.56. The average Bonchev–Trinajstić information content (AvgIpc) is 2.94. The number of ether oxygens (including phenoxy) is 1. The third-order valence-corrected chi connectivity index (χ3v) is 5.06. The van der Waals surface area contributed by atoms with Gasteiger partial charge in [-0.25, -0.2) is 13.1 Å². The molecule has 0 radical (unpaired) electrons. The van der Waals surface area contributed by atoms with Crippen molar-refractivity contribution in [2.24, 2.45) is 0 Å². The van der Waals surface area contributed by atoms with Crippen LogP contribution >= 0.6 is 11.3 Å². The minimum Gasteiger partial charge on any atom is -0.492 e. The number of hydrogen-bond donors (Lipinski definition) is 2. The summed E-state index contributed by atoms with van der Waals surface area (Å²) in [5, 5.41) is 3.97. The van der Waals surface area contributed by atoms with Gasteiger partial charge in [-0.05, 0) is 53.9 Å².